The van der Waals surface area contributed by atoms with E-state index in [4.69, 9.17) is 27.9 Å². The lowest BCUT2D eigenvalue weighted by atomic mass is 10.1. The topological polar surface area (TPSA) is 69.1 Å². The summed E-state index contributed by atoms with van der Waals surface area (Å²) in [6.07, 6.45) is 0. The van der Waals surface area contributed by atoms with Crippen LogP contribution in [-0.4, -0.2) is 67.5 Å². The second kappa shape index (κ2) is 10.3. The number of nitrogens with zero attached hydrogens (tertiary/aromatic N) is 2. The third-order valence-electron chi connectivity index (χ3n) is 4.07. The van der Waals surface area contributed by atoms with E-state index < -0.39 is 5.60 Å². The predicted molar refractivity (Wildman–Crippen MR) is 107 cm³/mol. The molecule has 1 aromatic carbocycles. The Morgan fingerprint density at radius 1 is 1.31 bits per heavy atom. The molecule has 2 rings (SSSR count). The van der Waals surface area contributed by atoms with E-state index in [-0.39, 0.29) is 0 Å². The lowest BCUT2D eigenvalue weighted by molar-refractivity contribution is -0.0201. The fourth-order valence-electron chi connectivity index (χ4n) is 2.73. The summed E-state index contributed by atoms with van der Waals surface area (Å²) >= 11 is 12.1. The summed E-state index contributed by atoms with van der Waals surface area (Å²) in [6.45, 7) is 9.09. The molecule has 1 heterocycles. The number of morpholine rings is 1. The van der Waals surface area contributed by atoms with Crippen molar-refractivity contribution in [3.05, 3.63) is 33.8 Å². The lowest BCUT2D eigenvalue weighted by Gasteiger charge is -2.34. The van der Waals surface area contributed by atoms with Crippen LogP contribution in [0.4, 0.5) is 0 Å². The molecule has 1 fully saturated rings. The van der Waals surface area contributed by atoms with Gasteiger partial charge in [0.25, 0.3) is 0 Å². The van der Waals surface area contributed by atoms with Crippen molar-refractivity contribution in [2.75, 3.05) is 45.9 Å². The molecule has 1 atom stereocenters. The Balaban J connectivity index is 1.91. The minimum atomic E-state index is -0.870. The van der Waals surface area contributed by atoms with Crippen molar-refractivity contribution in [1.29, 1.82) is 0 Å². The molecule has 146 valence electrons. The minimum Gasteiger partial charge on any atom is -0.387 e. The summed E-state index contributed by atoms with van der Waals surface area (Å²) in [5.41, 5.74) is 0.0270. The van der Waals surface area contributed by atoms with Crippen LogP contribution < -0.4 is 10.6 Å². The zero-order chi connectivity index (χ0) is 19.0. The third kappa shape index (κ3) is 7.29. The van der Waals surface area contributed by atoms with Gasteiger partial charge in [0.05, 0.1) is 25.4 Å². The number of aliphatic hydroxyl groups is 1. The molecule has 0 amide bonds. The Hall–Kier alpha value is -1.05. The van der Waals surface area contributed by atoms with Crippen LogP contribution in [0.15, 0.2) is 23.2 Å². The fraction of sp³-hybridized carbons (Fsp3) is 0.611. The molecule has 0 aliphatic carbocycles. The Kier molecular flexibility index (Phi) is 8.44. The van der Waals surface area contributed by atoms with Crippen LogP contribution in [0.5, 0.6) is 0 Å². The quantitative estimate of drug-likeness (QED) is 0.481. The van der Waals surface area contributed by atoms with Gasteiger partial charge >= 0.3 is 0 Å². The molecule has 0 radical (unpaired) electrons. The van der Waals surface area contributed by atoms with Crippen LogP contribution in [0.1, 0.15) is 19.4 Å². The molecule has 3 N–H and O–H groups in total. The smallest absolute Gasteiger partial charge is 0.191 e. The van der Waals surface area contributed by atoms with Gasteiger partial charge in [0.15, 0.2) is 5.96 Å². The van der Waals surface area contributed by atoms with E-state index in [0.29, 0.717) is 35.6 Å². The SMILES string of the molecule is CCNC(=NCc1ccc(Cl)cc1Cl)NCC(C)(O)CN1CCOCC1. The number of benzene rings is 1. The molecule has 0 spiro atoms. The maximum atomic E-state index is 10.7. The summed E-state index contributed by atoms with van der Waals surface area (Å²) in [5.74, 6) is 0.640. The average molecular weight is 403 g/mol. The van der Waals surface area contributed by atoms with Gasteiger partial charge < -0.3 is 20.5 Å². The van der Waals surface area contributed by atoms with Crippen LogP contribution in [0.25, 0.3) is 0 Å². The van der Waals surface area contributed by atoms with Crippen molar-refractivity contribution in [2.24, 2.45) is 4.99 Å². The first-order chi connectivity index (χ1) is 12.4. The summed E-state index contributed by atoms with van der Waals surface area (Å²) in [7, 11) is 0. The summed E-state index contributed by atoms with van der Waals surface area (Å²) in [6, 6.07) is 5.37. The molecule has 6 nitrogen and oxygen atoms in total. The number of ether oxygens (including phenoxy) is 1. The number of aliphatic imine (C=N–C) groups is 1. The fourth-order valence-corrected chi connectivity index (χ4v) is 3.20. The van der Waals surface area contributed by atoms with Gasteiger partial charge in [-0.25, -0.2) is 4.99 Å². The molecule has 0 saturated carbocycles. The number of nitrogens with one attached hydrogen (secondary N) is 2. The van der Waals surface area contributed by atoms with Gasteiger partial charge in [-0.1, -0.05) is 29.3 Å². The highest BCUT2D eigenvalue weighted by Crippen LogP contribution is 2.21. The van der Waals surface area contributed by atoms with Gasteiger partial charge in [-0.2, -0.15) is 0 Å². The first-order valence-electron chi connectivity index (χ1n) is 8.88. The number of halogens is 2. The van der Waals surface area contributed by atoms with Gasteiger partial charge in [-0.3, -0.25) is 4.90 Å². The maximum absolute atomic E-state index is 10.7. The second-order valence-corrected chi connectivity index (χ2v) is 7.51. The van der Waals surface area contributed by atoms with E-state index in [9.17, 15) is 5.11 Å². The van der Waals surface area contributed by atoms with E-state index in [1.165, 1.54) is 0 Å². The zero-order valence-corrected chi connectivity index (χ0v) is 16.9. The molecule has 8 heteroatoms. The summed E-state index contributed by atoms with van der Waals surface area (Å²) in [4.78, 5) is 6.76. The van der Waals surface area contributed by atoms with E-state index in [1.54, 1.807) is 12.1 Å². The van der Waals surface area contributed by atoms with Crippen LogP contribution in [0.2, 0.25) is 10.0 Å². The van der Waals surface area contributed by atoms with Crippen molar-refractivity contribution in [1.82, 2.24) is 15.5 Å². The highest BCUT2D eigenvalue weighted by molar-refractivity contribution is 6.35. The molecule has 1 aliphatic rings. The minimum absolute atomic E-state index is 0.393. The zero-order valence-electron chi connectivity index (χ0n) is 15.4. The van der Waals surface area contributed by atoms with Crippen molar-refractivity contribution in [3.63, 3.8) is 0 Å². The number of β-amino-alcohol motifs (C(OH)–C–C–N with tert-alkyl or cyclic N) is 1. The van der Waals surface area contributed by atoms with Crippen molar-refractivity contribution in [3.8, 4) is 0 Å². The molecule has 1 aliphatic heterocycles. The molecule has 1 aromatic rings. The number of guanidine groups is 1. The van der Waals surface area contributed by atoms with Gasteiger partial charge in [0, 0.05) is 42.8 Å². The Bertz CT molecular complexity index is 605. The molecular weight excluding hydrogens is 375 g/mol. The van der Waals surface area contributed by atoms with E-state index in [1.807, 2.05) is 19.9 Å². The van der Waals surface area contributed by atoms with Crippen LogP contribution in [-0.2, 0) is 11.3 Å². The maximum Gasteiger partial charge on any atom is 0.191 e. The van der Waals surface area contributed by atoms with Gasteiger partial charge in [-0.05, 0) is 31.5 Å². The number of rotatable bonds is 7. The first kappa shape index (κ1) is 21.3. The largest absolute Gasteiger partial charge is 0.387 e. The molecule has 0 bridgehead atoms. The molecule has 0 aromatic heterocycles. The van der Waals surface area contributed by atoms with Crippen molar-refractivity contribution < 1.29 is 9.84 Å². The Morgan fingerprint density at radius 3 is 2.69 bits per heavy atom. The summed E-state index contributed by atoms with van der Waals surface area (Å²) in [5, 5.41) is 18.3. The molecular formula is C18H28Cl2N4O2. The predicted octanol–water partition coefficient (Wildman–Crippen LogP) is 2.13. The van der Waals surface area contributed by atoms with Crippen molar-refractivity contribution in [2.45, 2.75) is 26.0 Å². The van der Waals surface area contributed by atoms with E-state index in [2.05, 4.69) is 20.5 Å². The number of hydrogen-bond donors (Lipinski definition) is 3. The highest BCUT2D eigenvalue weighted by Gasteiger charge is 2.25. The van der Waals surface area contributed by atoms with Crippen LogP contribution >= 0.6 is 23.2 Å². The second-order valence-electron chi connectivity index (χ2n) is 6.67. The van der Waals surface area contributed by atoms with Gasteiger partial charge in [-0.15, -0.1) is 0 Å². The summed E-state index contributed by atoms with van der Waals surface area (Å²) < 4.78 is 5.35. The normalized spacial score (nSPS) is 18.4. The molecule has 26 heavy (non-hydrogen) atoms. The van der Waals surface area contributed by atoms with Gasteiger partial charge in [0.1, 0.15) is 0 Å². The molecule has 1 saturated heterocycles. The van der Waals surface area contributed by atoms with E-state index in [0.717, 1.165) is 38.4 Å². The lowest BCUT2D eigenvalue weighted by Crippen LogP contribution is -2.52. The number of hydrogen-bond acceptors (Lipinski definition) is 4. The standard InChI is InChI=1S/C18H28Cl2N4O2/c1-3-21-17(22-11-14-4-5-15(19)10-16(14)20)23-12-18(2,25)13-24-6-8-26-9-7-24/h4-5,10,25H,3,6-9,11-13H2,1-2H3,(H2,21,22,23). The highest BCUT2D eigenvalue weighted by atomic mass is 35.5. The van der Waals surface area contributed by atoms with Crippen LogP contribution in [0.3, 0.4) is 0 Å². The van der Waals surface area contributed by atoms with Crippen molar-refractivity contribution >= 4 is 29.2 Å². The first-order valence-corrected chi connectivity index (χ1v) is 9.64. The Morgan fingerprint density at radius 2 is 2.04 bits per heavy atom. The third-order valence-corrected chi connectivity index (χ3v) is 4.66. The average Bonchev–Trinajstić information content (AvgIpc) is 2.59. The van der Waals surface area contributed by atoms with E-state index >= 15 is 0 Å². The monoisotopic (exact) mass is 402 g/mol. The molecule has 1 unspecified atom stereocenters. The van der Waals surface area contributed by atoms with Gasteiger partial charge in [0.2, 0.25) is 0 Å². The Labute approximate surface area is 165 Å². The van der Waals surface area contributed by atoms with Crippen LogP contribution in [0, 0.1) is 0 Å².